The molecule has 1 N–H and O–H groups in total. The van der Waals surface area contributed by atoms with Crippen LogP contribution in [0, 0.1) is 12.8 Å². The summed E-state index contributed by atoms with van der Waals surface area (Å²) in [6.45, 7) is 5.18. The van der Waals surface area contributed by atoms with Crippen molar-refractivity contribution in [2.24, 2.45) is 5.92 Å². The maximum Gasteiger partial charge on any atom is 0.331 e. The molecule has 0 aromatic heterocycles. The molecular weight excluding hydrogens is 242 g/mol. The van der Waals surface area contributed by atoms with Crippen LogP contribution in [-0.2, 0) is 14.3 Å². The van der Waals surface area contributed by atoms with Gasteiger partial charge in [-0.1, -0.05) is 19.1 Å². The Hall–Kier alpha value is -1.55. The molecule has 0 radical (unpaired) electrons. The van der Waals surface area contributed by atoms with Gasteiger partial charge in [-0.3, -0.25) is 0 Å². The molecule has 0 aliphatic carbocycles. The van der Waals surface area contributed by atoms with Crippen LogP contribution in [0.5, 0.6) is 0 Å². The summed E-state index contributed by atoms with van der Waals surface area (Å²) >= 11 is 0. The highest BCUT2D eigenvalue weighted by Gasteiger charge is 2.46. The Morgan fingerprint density at radius 2 is 2.32 bits per heavy atom. The first-order valence-electron chi connectivity index (χ1n) is 6.59. The zero-order valence-corrected chi connectivity index (χ0v) is 11.7. The Morgan fingerprint density at radius 3 is 2.95 bits per heavy atom. The second-order valence-electron chi connectivity index (χ2n) is 5.18. The summed E-state index contributed by atoms with van der Waals surface area (Å²) in [6.07, 6.45) is 0.620. The first-order valence-corrected chi connectivity index (χ1v) is 6.59. The summed E-state index contributed by atoms with van der Waals surface area (Å²) in [5, 5.41) is 3.38. The van der Waals surface area contributed by atoms with Gasteiger partial charge in [0, 0.05) is 24.6 Å². The molecule has 1 aliphatic heterocycles. The largest absolute Gasteiger partial charge is 0.467 e. The Balaban J connectivity index is 2.30. The van der Waals surface area contributed by atoms with Gasteiger partial charge in [0.2, 0.25) is 0 Å². The van der Waals surface area contributed by atoms with Crippen LogP contribution in [0.4, 0.5) is 5.69 Å². The molecule has 4 nitrogen and oxygen atoms in total. The Labute approximate surface area is 114 Å². The Kier molecular flexibility index (Phi) is 4.10. The first-order chi connectivity index (χ1) is 9.08. The SMILES string of the molecule is COC(=O)C1(Nc2cccc(C)c2)CCOCC1C. The van der Waals surface area contributed by atoms with Crippen LogP contribution < -0.4 is 5.32 Å². The molecule has 2 unspecified atom stereocenters. The number of carbonyl (C=O) groups excluding carboxylic acids is 1. The number of nitrogens with one attached hydrogen (secondary N) is 1. The van der Waals surface area contributed by atoms with Crippen LogP contribution in [0.3, 0.4) is 0 Å². The van der Waals surface area contributed by atoms with E-state index in [1.165, 1.54) is 7.11 Å². The smallest absolute Gasteiger partial charge is 0.331 e. The molecule has 19 heavy (non-hydrogen) atoms. The number of carbonyl (C=O) groups is 1. The van der Waals surface area contributed by atoms with Gasteiger partial charge in [-0.25, -0.2) is 4.79 Å². The number of hydrogen-bond donors (Lipinski definition) is 1. The van der Waals surface area contributed by atoms with Crippen molar-refractivity contribution in [3.05, 3.63) is 29.8 Å². The lowest BCUT2D eigenvalue weighted by Crippen LogP contribution is -2.56. The molecule has 104 valence electrons. The molecule has 0 saturated carbocycles. The van der Waals surface area contributed by atoms with Gasteiger partial charge in [-0.15, -0.1) is 0 Å². The van der Waals surface area contributed by atoms with E-state index < -0.39 is 5.54 Å². The zero-order chi connectivity index (χ0) is 13.9. The van der Waals surface area contributed by atoms with E-state index in [-0.39, 0.29) is 11.9 Å². The predicted octanol–water partition coefficient (Wildman–Crippen LogP) is 2.38. The van der Waals surface area contributed by atoms with Crippen molar-refractivity contribution in [2.75, 3.05) is 25.6 Å². The van der Waals surface area contributed by atoms with Gasteiger partial charge in [-0.05, 0) is 24.6 Å². The number of anilines is 1. The molecule has 1 fully saturated rings. The van der Waals surface area contributed by atoms with E-state index in [0.29, 0.717) is 19.6 Å². The maximum atomic E-state index is 12.2. The van der Waals surface area contributed by atoms with Crippen molar-refractivity contribution in [3.63, 3.8) is 0 Å². The molecule has 2 atom stereocenters. The van der Waals surface area contributed by atoms with Crippen molar-refractivity contribution in [1.29, 1.82) is 0 Å². The van der Waals surface area contributed by atoms with Gasteiger partial charge in [-0.2, -0.15) is 0 Å². The van der Waals surface area contributed by atoms with E-state index in [1.807, 2.05) is 38.1 Å². The van der Waals surface area contributed by atoms with E-state index in [4.69, 9.17) is 9.47 Å². The van der Waals surface area contributed by atoms with E-state index in [1.54, 1.807) is 0 Å². The van der Waals surface area contributed by atoms with Gasteiger partial charge >= 0.3 is 5.97 Å². The molecule has 4 heteroatoms. The molecule has 2 rings (SSSR count). The number of methoxy groups -OCH3 is 1. The van der Waals surface area contributed by atoms with Crippen LogP contribution in [0.1, 0.15) is 18.9 Å². The second-order valence-corrected chi connectivity index (χ2v) is 5.18. The van der Waals surface area contributed by atoms with E-state index >= 15 is 0 Å². The molecule has 1 aliphatic rings. The van der Waals surface area contributed by atoms with Gasteiger partial charge in [0.05, 0.1) is 13.7 Å². The minimum atomic E-state index is -0.694. The minimum absolute atomic E-state index is 0.0641. The number of rotatable bonds is 3. The lowest BCUT2D eigenvalue weighted by Gasteiger charge is -2.41. The highest BCUT2D eigenvalue weighted by molar-refractivity contribution is 5.85. The normalized spacial score (nSPS) is 26.8. The van der Waals surface area contributed by atoms with E-state index in [2.05, 4.69) is 5.32 Å². The van der Waals surface area contributed by atoms with Crippen molar-refractivity contribution in [3.8, 4) is 0 Å². The Bertz CT molecular complexity index is 460. The highest BCUT2D eigenvalue weighted by atomic mass is 16.5. The van der Waals surface area contributed by atoms with Crippen LogP contribution in [0.25, 0.3) is 0 Å². The molecule has 1 aromatic carbocycles. The number of ether oxygens (including phenoxy) is 2. The molecule has 0 amide bonds. The second kappa shape index (κ2) is 5.61. The quantitative estimate of drug-likeness (QED) is 0.851. The summed E-state index contributed by atoms with van der Waals surface area (Å²) < 4.78 is 10.5. The van der Waals surface area contributed by atoms with Crippen molar-refractivity contribution < 1.29 is 14.3 Å². The fraction of sp³-hybridized carbons (Fsp3) is 0.533. The molecule has 1 saturated heterocycles. The average Bonchev–Trinajstić information content (AvgIpc) is 2.40. The summed E-state index contributed by atoms with van der Waals surface area (Å²) in [6, 6.07) is 8.02. The van der Waals surface area contributed by atoms with Gasteiger partial charge in [0.25, 0.3) is 0 Å². The number of esters is 1. The first kappa shape index (κ1) is 13.9. The van der Waals surface area contributed by atoms with Crippen LogP contribution in [0.15, 0.2) is 24.3 Å². The van der Waals surface area contributed by atoms with E-state index in [0.717, 1.165) is 11.3 Å². The third-order valence-corrected chi connectivity index (χ3v) is 3.78. The van der Waals surface area contributed by atoms with Crippen molar-refractivity contribution in [1.82, 2.24) is 0 Å². The molecule has 1 heterocycles. The van der Waals surface area contributed by atoms with Crippen molar-refractivity contribution >= 4 is 11.7 Å². The maximum absolute atomic E-state index is 12.2. The predicted molar refractivity (Wildman–Crippen MR) is 74.1 cm³/mol. The van der Waals surface area contributed by atoms with Gasteiger partial charge in [0.1, 0.15) is 5.54 Å². The van der Waals surface area contributed by atoms with Gasteiger partial charge in [0.15, 0.2) is 0 Å². The minimum Gasteiger partial charge on any atom is -0.467 e. The lowest BCUT2D eigenvalue weighted by molar-refractivity contribution is -0.152. The summed E-state index contributed by atoms with van der Waals surface area (Å²) in [4.78, 5) is 12.2. The third-order valence-electron chi connectivity index (χ3n) is 3.78. The van der Waals surface area contributed by atoms with Crippen LogP contribution in [0.2, 0.25) is 0 Å². The third kappa shape index (κ3) is 2.73. The summed E-state index contributed by atoms with van der Waals surface area (Å²) in [5.41, 5.74) is 1.41. The lowest BCUT2D eigenvalue weighted by atomic mass is 9.80. The monoisotopic (exact) mass is 263 g/mol. The van der Waals surface area contributed by atoms with Gasteiger partial charge < -0.3 is 14.8 Å². The standard InChI is InChI=1S/C15H21NO3/c1-11-5-4-6-13(9-11)16-15(14(17)18-3)7-8-19-10-12(15)2/h4-6,9,12,16H,7-8,10H2,1-3H3. The fourth-order valence-electron chi connectivity index (χ4n) is 2.58. The van der Waals surface area contributed by atoms with E-state index in [9.17, 15) is 4.79 Å². The number of hydrogen-bond acceptors (Lipinski definition) is 4. The summed E-state index contributed by atoms with van der Waals surface area (Å²) in [5.74, 6) is -0.154. The molecule has 1 aromatic rings. The summed E-state index contributed by atoms with van der Waals surface area (Å²) in [7, 11) is 1.43. The molecule has 0 spiro atoms. The topological polar surface area (TPSA) is 47.6 Å². The molecule has 0 bridgehead atoms. The molecular formula is C15H21NO3. The zero-order valence-electron chi connectivity index (χ0n) is 11.7. The Morgan fingerprint density at radius 1 is 1.53 bits per heavy atom. The highest BCUT2D eigenvalue weighted by Crippen LogP contribution is 2.32. The number of benzene rings is 1. The van der Waals surface area contributed by atoms with Crippen molar-refractivity contribution in [2.45, 2.75) is 25.8 Å². The number of aryl methyl sites for hydroxylation is 1. The average molecular weight is 263 g/mol. The van der Waals surface area contributed by atoms with Crippen LogP contribution >= 0.6 is 0 Å². The van der Waals surface area contributed by atoms with Crippen LogP contribution in [-0.4, -0.2) is 31.8 Å². The fourth-order valence-corrected chi connectivity index (χ4v) is 2.58.